The van der Waals surface area contributed by atoms with Gasteiger partial charge in [0.15, 0.2) is 5.11 Å². The zero-order valence-electron chi connectivity index (χ0n) is 13.3. The van der Waals surface area contributed by atoms with Gasteiger partial charge in [-0.15, -0.1) is 0 Å². The van der Waals surface area contributed by atoms with Crippen molar-refractivity contribution in [1.82, 2.24) is 5.32 Å². The number of nitro groups is 1. The zero-order valence-corrected chi connectivity index (χ0v) is 14.1. The molecule has 2 rings (SSSR count). The first kappa shape index (κ1) is 17.6. The molecule has 0 aliphatic rings. The maximum Gasteiger partial charge on any atom is 0.282 e. The number of carbonyl (C=O) groups excluding carboxylic acids is 1. The van der Waals surface area contributed by atoms with Crippen LogP contribution in [0.2, 0.25) is 0 Å². The van der Waals surface area contributed by atoms with Crippen LogP contribution in [0.4, 0.5) is 11.4 Å². The molecule has 1 amide bonds. The van der Waals surface area contributed by atoms with Crippen LogP contribution >= 0.6 is 12.2 Å². The number of benzene rings is 2. The largest absolute Gasteiger partial charge is 0.332 e. The smallest absolute Gasteiger partial charge is 0.282 e. The fourth-order valence-electron chi connectivity index (χ4n) is 2.34. The topological polar surface area (TPSA) is 84.3 Å². The summed E-state index contributed by atoms with van der Waals surface area (Å²) in [5.41, 5.74) is 2.61. The Hall–Kier alpha value is -2.80. The van der Waals surface area contributed by atoms with Gasteiger partial charge in [-0.3, -0.25) is 20.2 Å². The highest BCUT2D eigenvalue weighted by atomic mass is 32.1. The van der Waals surface area contributed by atoms with Crippen molar-refractivity contribution < 1.29 is 9.72 Å². The maximum atomic E-state index is 12.3. The molecule has 7 heteroatoms. The Balaban J connectivity index is 2.17. The summed E-state index contributed by atoms with van der Waals surface area (Å²) < 4.78 is 0. The van der Waals surface area contributed by atoms with Crippen molar-refractivity contribution in [3.8, 4) is 0 Å². The minimum absolute atomic E-state index is 0.0350. The number of rotatable bonds is 4. The Morgan fingerprint density at radius 1 is 1.21 bits per heavy atom. The van der Waals surface area contributed by atoms with Crippen molar-refractivity contribution in [2.24, 2.45) is 0 Å². The van der Waals surface area contributed by atoms with E-state index in [1.165, 1.54) is 18.2 Å². The van der Waals surface area contributed by atoms with E-state index in [9.17, 15) is 14.9 Å². The van der Waals surface area contributed by atoms with Crippen LogP contribution in [0.25, 0.3) is 0 Å². The first-order valence-electron chi connectivity index (χ1n) is 7.38. The van der Waals surface area contributed by atoms with E-state index in [0.717, 1.165) is 23.2 Å². The summed E-state index contributed by atoms with van der Waals surface area (Å²) in [6, 6.07) is 11.6. The summed E-state index contributed by atoms with van der Waals surface area (Å²) in [5.74, 6) is -0.619. The number of amides is 1. The lowest BCUT2D eigenvalue weighted by atomic mass is 10.1. The highest BCUT2D eigenvalue weighted by Gasteiger charge is 2.20. The van der Waals surface area contributed by atoms with Crippen LogP contribution < -0.4 is 10.6 Å². The molecule has 0 heterocycles. The molecule has 0 atom stereocenters. The molecule has 0 aliphatic heterocycles. The van der Waals surface area contributed by atoms with Gasteiger partial charge in [0.05, 0.1) is 4.92 Å². The van der Waals surface area contributed by atoms with Crippen molar-refractivity contribution >= 4 is 34.6 Å². The van der Waals surface area contributed by atoms with Gasteiger partial charge in [0, 0.05) is 11.8 Å². The molecule has 2 aromatic rings. The minimum Gasteiger partial charge on any atom is -0.332 e. The molecule has 0 aliphatic carbocycles. The molecule has 0 unspecified atom stereocenters. The lowest BCUT2D eigenvalue weighted by Gasteiger charge is -2.15. The van der Waals surface area contributed by atoms with Crippen molar-refractivity contribution in [2.75, 3.05) is 5.32 Å². The Morgan fingerprint density at radius 2 is 1.92 bits per heavy atom. The average Bonchev–Trinajstić information content (AvgIpc) is 2.56. The number of thiocarbonyl (C=S) groups is 1. The molecule has 0 bridgehead atoms. The van der Waals surface area contributed by atoms with Gasteiger partial charge >= 0.3 is 0 Å². The fraction of sp³-hybridized carbons (Fsp3) is 0.176. The van der Waals surface area contributed by atoms with E-state index in [1.807, 2.05) is 32.0 Å². The fourth-order valence-corrected chi connectivity index (χ4v) is 2.54. The molecule has 0 radical (unpaired) electrons. The summed E-state index contributed by atoms with van der Waals surface area (Å²) in [6.45, 7) is 3.96. The van der Waals surface area contributed by atoms with Gasteiger partial charge < -0.3 is 5.32 Å². The lowest BCUT2D eigenvalue weighted by molar-refractivity contribution is -0.385. The van der Waals surface area contributed by atoms with Crippen molar-refractivity contribution in [3.63, 3.8) is 0 Å². The summed E-state index contributed by atoms with van der Waals surface area (Å²) in [6.07, 6.45) is 0.810. The normalized spacial score (nSPS) is 10.1. The van der Waals surface area contributed by atoms with Crippen LogP contribution in [-0.4, -0.2) is 15.9 Å². The van der Waals surface area contributed by atoms with Gasteiger partial charge in [0.2, 0.25) is 0 Å². The Labute approximate surface area is 145 Å². The van der Waals surface area contributed by atoms with E-state index in [1.54, 1.807) is 6.07 Å². The molecule has 0 aromatic heterocycles. The van der Waals surface area contributed by atoms with Crippen molar-refractivity contribution in [3.05, 3.63) is 69.3 Å². The predicted molar refractivity (Wildman–Crippen MR) is 97.3 cm³/mol. The van der Waals surface area contributed by atoms with E-state index in [0.29, 0.717) is 0 Å². The second kappa shape index (κ2) is 7.65. The Kier molecular flexibility index (Phi) is 5.59. The summed E-state index contributed by atoms with van der Waals surface area (Å²) in [7, 11) is 0. The van der Waals surface area contributed by atoms with Gasteiger partial charge in [-0.2, -0.15) is 0 Å². The quantitative estimate of drug-likeness (QED) is 0.503. The van der Waals surface area contributed by atoms with E-state index in [4.69, 9.17) is 12.2 Å². The number of anilines is 1. The van der Waals surface area contributed by atoms with E-state index in [-0.39, 0.29) is 16.4 Å². The number of carbonyl (C=O) groups is 1. The minimum atomic E-state index is -0.619. The van der Waals surface area contributed by atoms with E-state index in [2.05, 4.69) is 10.6 Å². The number of hydrogen-bond acceptors (Lipinski definition) is 4. The van der Waals surface area contributed by atoms with Crippen LogP contribution in [0.15, 0.2) is 42.5 Å². The van der Waals surface area contributed by atoms with Gasteiger partial charge in [0.1, 0.15) is 5.56 Å². The number of nitro benzene ring substituents is 1. The van der Waals surface area contributed by atoms with Crippen LogP contribution in [0.5, 0.6) is 0 Å². The van der Waals surface area contributed by atoms with Crippen molar-refractivity contribution in [1.29, 1.82) is 0 Å². The molecular weight excluding hydrogens is 326 g/mol. The number of hydrogen-bond donors (Lipinski definition) is 2. The second-order valence-electron chi connectivity index (χ2n) is 5.15. The second-order valence-corrected chi connectivity index (χ2v) is 5.55. The highest BCUT2D eigenvalue weighted by molar-refractivity contribution is 7.80. The third-order valence-electron chi connectivity index (χ3n) is 3.55. The van der Waals surface area contributed by atoms with Gasteiger partial charge in [-0.25, -0.2) is 0 Å². The van der Waals surface area contributed by atoms with Crippen LogP contribution in [0.3, 0.4) is 0 Å². The average molecular weight is 343 g/mol. The monoisotopic (exact) mass is 343 g/mol. The zero-order chi connectivity index (χ0) is 17.7. The SMILES string of the molecule is CCc1cccc(C)c1NC(=S)NC(=O)c1ccccc1[N+](=O)[O-]. The van der Waals surface area contributed by atoms with Crippen LogP contribution in [0.1, 0.15) is 28.4 Å². The molecule has 24 heavy (non-hydrogen) atoms. The predicted octanol–water partition coefficient (Wildman–Crippen LogP) is 3.59. The third-order valence-corrected chi connectivity index (χ3v) is 3.76. The molecular formula is C17H17N3O3S. The summed E-state index contributed by atoms with van der Waals surface area (Å²) >= 11 is 5.18. The van der Waals surface area contributed by atoms with E-state index < -0.39 is 10.8 Å². The lowest BCUT2D eigenvalue weighted by Crippen LogP contribution is -2.34. The van der Waals surface area contributed by atoms with Gasteiger partial charge in [0.25, 0.3) is 11.6 Å². The summed E-state index contributed by atoms with van der Waals surface area (Å²) in [5, 5.41) is 16.6. The number of nitrogens with one attached hydrogen (secondary N) is 2. The van der Waals surface area contributed by atoms with Crippen molar-refractivity contribution in [2.45, 2.75) is 20.3 Å². The molecule has 0 saturated carbocycles. The molecule has 0 fully saturated rings. The molecule has 124 valence electrons. The summed E-state index contributed by atoms with van der Waals surface area (Å²) in [4.78, 5) is 22.7. The third kappa shape index (κ3) is 3.94. The Morgan fingerprint density at radius 3 is 2.58 bits per heavy atom. The highest BCUT2D eigenvalue weighted by Crippen LogP contribution is 2.21. The standard InChI is InChI=1S/C17H17N3O3S/c1-3-12-8-6-7-11(2)15(12)18-17(24)19-16(21)13-9-4-5-10-14(13)20(22)23/h4-10H,3H2,1-2H3,(H2,18,19,21,24). The maximum absolute atomic E-state index is 12.3. The van der Waals surface area contributed by atoms with Gasteiger partial charge in [-0.1, -0.05) is 37.3 Å². The molecule has 2 aromatic carbocycles. The van der Waals surface area contributed by atoms with E-state index >= 15 is 0 Å². The number of aryl methyl sites for hydroxylation is 2. The number of para-hydroxylation sites is 2. The van der Waals surface area contributed by atoms with Crippen LogP contribution in [0, 0.1) is 17.0 Å². The van der Waals surface area contributed by atoms with Crippen LogP contribution in [-0.2, 0) is 6.42 Å². The Bertz CT molecular complexity index is 805. The first-order valence-corrected chi connectivity index (χ1v) is 7.79. The number of nitrogens with zero attached hydrogens (tertiary/aromatic N) is 1. The molecule has 0 spiro atoms. The molecule has 6 nitrogen and oxygen atoms in total. The molecule has 2 N–H and O–H groups in total. The molecule has 0 saturated heterocycles. The van der Waals surface area contributed by atoms with Gasteiger partial charge in [-0.05, 0) is 42.8 Å². The first-order chi connectivity index (χ1) is 11.4.